The molecule has 0 heterocycles. The van der Waals surface area contributed by atoms with E-state index in [4.69, 9.17) is 18.9 Å². The number of methoxy groups -OCH3 is 2. The van der Waals surface area contributed by atoms with E-state index in [9.17, 15) is 4.79 Å². The van der Waals surface area contributed by atoms with Gasteiger partial charge in [-0.25, -0.2) is 0 Å². The van der Waals surface area contributed by atoms with Gasteiger partial charge in [-0.15, -0.1) is 0 Å². The minimum atomic E-state index is -0.334. The Labute approximate surface area is 148 Å². The maximum absolute atomic E-state index is 12.2. The largest absolute Gasteiger partial charge is 0.490 e. The summed E-state index contributed by atoms with van der Waals surface area (Å²) in [5.41, 5.74) is 1.06. The number of esters is 1. The first-order chi connectivity index (χ1) is 11.8. The van der Waals surface area contributed by atoms with Crippen LogP contribution >= 0.6 is 0 Å². The molecule has 5 nitrogen and oxygen atoms in total. The number of rotatable bonds is 6. The summed E-state index contributed by atoms with van der Waals surface area (Å²) in [5, 5.41) is 1.56. The number of hydrogen-bond donors (Lipinski definition) is 0. The molecule has 0 saturated carbocycles. The average Bonchev–Trinajstić information content (AvgIpc) is 2.55. The molecule has 5 heteroatoms. The van der Waals surface area contributed by atoms with Crippen LogP contribution in [0.25, 0.3) is 10.8 Å². The summed E-state index contributed by atoms with van der Waals surface area (Å²) in [7, 11) is 3.06. The molecule has 0 atom stereocenters. The molecule has 0 aliphatic heterocycles. The zero-order chi connectivity index (χ0) is 18.7. The molecule has 0 bridgehead atoms. The summed E-state index contributed by atoms with van der Waals surface area (Å²) >= 11 is 0. The lowest BCUT2D eigenvalue weighted by Gasteiger charge is -2.22. The lowest BCUT2D eigenvalue weighted by molar-refractivity contribution is -0.137. The Balaban J connectivity index is 2.85. The Morgan fingerprint density at radius 3 is 2.00 bits per heavy atom. The second kappa shape index (κ2) is 7.64. The highest BCUT2D eigenvalue weighted by molar-refractivity contribution is 6.00. The molecule has 2 aromatic carbocycles. The molecule has 136 valence electrons. The molecule has 2 rings (SSSR count). The van der Waals surface area contributed by atoms with Crippen molar-refractivity contribution in [3.63, 3.8) is 0 Å². The zero-order valence-electron chi connectivity index (χ0n) is 15.9. The molecule has 0 radical (unpaired) electrons. The number of fused-ring (bicyclic) bond motifs is 1. The van der Waals surface area contributed by atoms with Crippen molar-refractivity contribution in [1.82, 2.24) is 0 Å². The summed E-state index contributed by atoms with van der Waals surface area (Å²) in [6.07, 6.45) is -0.0496. The molecular weight excluding hydrogens is 320 g/mol. The Kier molecular flexibility index (Phi) is 5.77. The van der Waals surface area contributed by atoms with Crippen molar-refractivity contribution in [3.8, 4) is 23.0 Å². The lowest BCUT2D eigenvalue weighted by atomic mass is 10.0. The van der Waals surface area contributed by atoms with Gasteiger partial charge in [0.25, 0.3) is 0 Å². The number of aryl methyl sites for hydroxylation is 1. The van der Waals surface area contributed by atoms with Gasteiger partial charge in [0.1, 0.15) is 0 Å². The van der Waals surface area contributed by atoms with Crippen molar-refractivity contribution in [2.75, 3.05) is 14.2 Å². The normalized spacial score (nSPS) is 11.1. The van der Waals surface area contributed by atoms with Crippen LogP contribution in [0.4, 0.5) is 0 Å². The Morgan fingerprint density at radius 1 is 0.880 bits per heavy atom. The molecule has 0 fully saturated rings. The van der Waals surface area contributed by atoms with Gasteiger partial charge in [-0.05, 0) is 26.8 Å². The Bertz CT molecular complexity index is 777. The number of ether oxygens (including phenoxy) is 4. The lowest BCUT2D eigenvalue weighted by Crippen LogP contribution is -2.16. The molecule has 0 aliphatic carbocycles. The highest BCUT2D eigenvalue weighted by Crippen LogP contribution is 2.51. The molecule has 0 unspecified atom stereocenters. The van der Waals surface area contributed by atoms with E-state index in [0.717, 1.165) is 16.3 Å². The maximum Gasteiger partial charge on any atom is 0.313 e. The van der Waals surface area contributed by atoms with Crippen molar-refractivity contribution in [1.29, 1.82) is 0 Å². The summed E-state index contributed by atoms with van der Waals surface area (Å²) < 4.78 is 22.7. The quantitative estimate of drug-likeness (QED) is 0.569. The highest BCUT2D eigenvalue weighted by Gasteiger charge is 2.26. The van der Waals surface area contributed by atoms with Gasteiger partial charge in [0.05, 0.1) is 26.2 Å². The zero-order valence-corrected chi connectivity index (χ0v) is 15.9. The summed E-state index contributed by atoms with van der Waals surface area (Å²) in [4.78, 5) is 12.2. The summed E-state index contributed by atoms with van der Waals surface area (Å²) in [6.45, 7) is 9.46. The average molecular weight is 346 g/mol. The van der Waals surface area contributed by atoms with Crippen LogP contribution in [-0.2, 0) is 4.79 Å². The van der Waals surface area contributed by atoms with Crippen molar-refractivity contribution in [2.45, 2.75) is 40.7 Å². The van der Waals surface area contributed by atoms with Crippen molar-refractivity contribution in [3.05, 3.63) is 23.8 Å². The number of benzene rings is 2. The van der Waals surface area contributed by atoms with Gasteiger partial charge < -0.3 is 18.9 Å². The van der Waals surface area contributed by atoms with E-state index in [1.807, 2.05) is 39.0 Å². The van der Waals surface area contributed by atoms with Crippen molar-refractivity contribution < 1.29 is 23.7 Å². The van der Waals surface area contributed by atoms with Gasteiger partial charge in [0.2, 0.25) is 11.5 Å². The summed E-state index contributed by atoms with van der Waals surface area (Å²) in [5.74, 6) is 1.11. The minimum absolute atomic E-state index is 0.0496. The van der Waals surface area contributed by atoms with Crippen LogP contribution in [0.5, 0.6) is 23.0 Å². The van der Waals surface area contributed by atoms with Gasteiger partial charge in [-0.1, -0.05) is 31.5 Å². The molecule has 0 N–H and O–H groups in total. The van der Waals surface area contributed by atoms with E-state index in [1.165, 1.54) is 7.11 Å². The molecule has 0 aromatic heterocycles. The van der Waals surface area contributed by atoms with Crippen LogP contribution in [0.1, 0.15) is 33.3 Å². The minimum Gasteiger partial charge on any atom is -0.490 e. The topological polar surface area (TPSA) is 54.0 Å². The van der Waals surface area contributed by atoms with Gasteiger partial charge in [0.15, 0.2) is 11.5 Å². The predicted molar refractivity (Wildman–Crippen MR) is 98.0 cm³/mol. The monoisotopic (exact) mass is 346 g/mol. The van der Waals surface area contributed by atoms with E-state index >= 15 is 0 Å². The molecular formula is C20H26O5. The van der Waals surface area contributed by atoms with Crippen LogP contribution in [0.2, 0.25) is 0 Å². The molecule has 0 aliphatic rings. The predicted octanol–water partition coefficient (Wildman–Crippen LogP) is 4.51. The first kappa shape index (κ1) is 18.9. The standard InChI is InChI=1S/C20H26O5/c1-11(2)20(21)25-16-14-9-8-13(5)10-15(14)17(24-12(3)4)19(23-7)18(16)22-6/h8-12H,1-7H3. The third-order valence-electron chi connectivity index (χ3n) is 3.72. The first-order valence-corrected chi connectivity index (χ1v) is 8.36. The SMILES string of the molecule is COc1c(OC)c(OC(C)C)c2cc(C)ccc2c1OC(=O)C(C)C. The van der Waals surface area contributed by atoms with Crippen LogP contribution in [-0.4, -0.2) is 26.3 Å². The van der Waals surface area contributed by atoms with Crippen LogP contribution in [0, 0.1) is 12.8 Å². The van der Waals surface area contributed by atoms with Crippen molar-refractivity contribution >= 4 is 16.7 Å². The maximum atomic E-state index is 12.2. The smallest absolute Gasteiger partial charge is 0.313 e. The first-order valence-electron chi connectivity index (χ1n) is 8.36. The van der Waals surface area contributed by atoms with Gasteiger partial charge >= 0.3 is 5.97 Å². The number of hydrogen-bond acceptors (Lipinski definition) is 5. The molecule has 25 heavy (non-hydrogen) atoms. The van der Waals surface area contributed by atoms with E-state index in [-0.39, 0.29) is 18.0 Å². The van der Waals surface area contributed by atoms with E-state index < -0.39 is 0 Å². The molecule has 2 aromatic rings. The fourth-order valence-electron chi connectivity index (χ4n) is 2.54. The Hall–Kier alpha value is -2.43. The third-order valence-corrected chi connectivity index (χ3v) is 3.72. The highest BCUT2D eigenvalue weighted by atomic mass is 16.6. The van der Waals surface area contributed by atoms with Crippen LogP contribution in [0.15, 0.2) is 18.2 Å². The van der Waals surface area contributed by atoms with E-state index in [0.29, 0.717) is 23.0 Å². The second-order valence-corrected chi connectivity index (χ2v) is 6.52. The van der Waals surface area contributed by atoms with Gasteiger partial charge in [-0.2, -0.15) is 0 Å². The fraction of sp³-hybridized carbons (Fsp3) is 0.450. The third kappa shape index (κ3) is 3.81. The van der Waals surface area contributed by atoms with E-state index in [1.54, 1.807) is 21.0 Å². The Morgan fingerprint density at radius 2 is 1.48 bits per heavy atom. The fourth-order valence-corrected chi connectivity index (χ4v) is 2.54. The van der Waals surface area contributed by atoms with Crippen LogP contribution < -0.4 is 18.9 Å². The van der Waals surface area contributed by atoms with Crippen molar-refractivity contribution in [2.24, 2.45) is 5.92 Å². The molecule has 0 spiro atoms. The summed E-state index contributed by atoms with van der Waals surface area (Å²) in [6, 6.07) is 5.85. The van der Waals surface area contributed by atoms with Gasteiger partial charge in [-0.3, -0.25) is 4.79 Å². The second-order valence-electron chi connectivity index (χ2n) is 6.52. The van der Waals surface area contributed by atoms with E-state index in [2.05, 4.69) is 0 Å². The molecule has 0 amide bonds. The van der Waals surface area contributed by atoms with Crippen LogP contribution in [0.3, 0.4) is 0 Å². The van der Waals surface area contributed by atoms with Gasteiger partial charge in [0, 0.05) is 10.8 Å². The number of carbonyl (C=O) groups is 1. The molecule has 0 saturated heterocycles. The number of carbonyl (C=O) groups excluding carboxylic acids is 1.